The number of amides is 1. The Bertz CT molecular complexity index is 495. The highest BCUT2D eigenvalue weighted by molar-refractivity contribution is 9.10. The summed E-state index contributed by atoms with van der Waals surface area (Å²) in [6.45, 7) is 0.983. The lowest BCUT2D eigenvalue weighted by atomic mass is 10.1. The van der Waals surface area contributed by atoms with Gasteiger partial charge in [0.25, 0.3) is 0 Å². The Morgan fingerprint density at radius 3 is 2.43 bits per heavy atom. The zero-order valence-electron chi connectivity index (χ0n) is 11.6. The molecule has 0 spiro atoms. The summed E-state index contributed by atoms with van der Waals surface area (Å²) in [5.74, 6) is -0.849. The van der Waals surface area contributed by atoms with E-state index in [0.29, 0.717) is 32.4 Å². The van der Waals surface area contributed by atoms with Crippen LogP contribution in [0.4, 0.5) is 0 Å². The van der Waals surface area contributed by atoms with Crippen LogP contribution in [0.15, 0.2) is 28.7 Å². The molecule has 0 unspecified atom stereocenters. The Kier molecular flexibility index (Phi) is 5.76. The Labute approximate surface area is 132 Å². The maximum Gasteiger partial charge on any atom is 0.329 e. The van der Waals surface area contributed by atoms with E-state index in [1.807, 2.05) is 29.2 Å². The lowest BCUT2D eigenvalue weighted by Crippen LogP contribution is -2.41. The van der Waals surface area contributed by atoms with Crippen molar-refractivity contribution in [2.24, 2.45) is 0 Å². The normalized spacial score (nSPS) is 16.0. The molecule has 1 fully saturated rings. The van der Waals surface area contributed by atoms with Crippen LogP contribution in [0.2, 0.25) is 0 Å². The first-order valence-electron chi connectivity index (χ1n) is 6.90. The van der Waals surface area contributed by atoms with Gasteiger partial charge < -0.3 is 14.7 Å². The van der Waals surface area contributed by atoms with Crippen LogP contribution in [-0.4, -0.2) is 47.7 Å². The number of carboxylic acids is 1. The number of rotatable bonds is 5. The minimum absolute atomic E-state index is 0.0576. The predicted molar refractivity (Wildman–Crippen MR) is 81.0 cm³/mol. The van der Waals surface area contributed by atoms with Crippen LogP contribution in [0.1, 0.15) is 18.4 Å². The number of nitrogens with zero attached hydrogens (tertiary/aromatic N) is 1. The van der Waals surface area contributed by atoms with Crippen molar-refractivity contribution in [2.75, 3.05) is 19.7 Å². The van der Waals surface area contributed by atoms with Gasteiger partial charge in [-0.25, -0.2) is 4.79 Å². The van der Waals surface area contributed by atoms with E-state index >= 15 is 0 Å². The van der Waals surface area contributed by atoms with Gasteiger partial charge >= 0.3 is 5.97 Å². The number of ether oxygens (including phenoxy) is 1. The standard InChI is InChI=1S/C15H18BrNO4/c16-12-3-1-11(2-4-12)9-14(18)17-7-5-13(6-8-17)21-10-15(19)20/h1-4,13H,5-10H2,(H,19,20). The average Bonchev–Trinajstić information content (AvgIpc) is 2.48. The van der Waals surface area contributed by atoms with Gasteiger partial charge in [0.15, 0.2) is 0 Å². The molecule has 0 aliphatic carbocycles. The molecule has 6 heteroatoms. The summed E-state index contributed by atoms with van der Waals surface area (Å²) in [5.41, 5.74) is 0.993. The minimum atomic E-state index is -0.955. The largest absolute Gasteiger partial charge is 0.480 e. The molecule has 0 bridgehead atoms. The highest BCUT2D eigenvalue weighted by Gasteiger charge is 2.23. The molecule has 0 saturated carbocycles. The molecule has 1 aromatic carbocycles. The number of likely N-dealkylation sites (tertiary alicyclic amines) is 1. The van der Waals surface area contributed by atoms with E-state index in [9.17, 15) is 9.59 Å². The highest BCUT2D eigenvalue weighted by atomic mass is 79.9. The lowest BCUT2D eigenvalue weighted by molar-refractivity contribution is -0.146. The first-order valence-corrected chi connectivity index (χ1v) is 7.69. The molecular weight excluding hydrogens is 338 g/mol. The van der Waals surface area contributed by atoms with Crippen LogP contribution in [0.3, 0.4) is 0 Å². The molecule has 0 aromatic heterocycles. The third-order valence-corrected chi connectivity index (χ3v) is 4.03. The molecule has 2 rings (SSSR count). The third kappa shape index (κ3) is 5.13. The molecule has 1 aliphatic heterocycles. The molecule has 21 heavy (non-hydrogen) atoms. The monoisotopic (exact) mass is 355 g/mol. The van der Waals surface area contributed by atoms with Gasteiger partial charge in [0.2, 0.25) is 5.91 Å². The highest BCUT2D eigenvalue weighted by Crippen LogP contribution is 2.16. The number of halogens is 1. The van der Waals surface area contributed by atoms with Crippen molar-refractivity contribution in [1.29, 1.82) is 0 Å². The second-order valence-electron chi connectivity index (χ2n) is 5.09. The van der Waals surface area contributed by atoms with Gasteiger partial charge in [0.05, 0.1) is 12.5 Å². The zero-order chi connectivity index (χ0) is 15.2. The number of hydrogen-bond acceptors (Lipinski definition) is 3. The summed E-state index contributed by atoms with van der Waals surface area (Å²) < 4.78 is 6.26. The third-order valence-electron chi connectivity index (χ3n) is 3.51. The minimum Gasteiger partial charge on any atom is -0.480 e. The maximum atomic E-state index is 12.2. The van der Waals surface area contributed by atoms with Crippen molar-refractivity contribution < 1.29 is 19.4 Å². The van der Waals surface area contributed by atoms with Gasteiger partial charge in [0.1, 0.15) is 6.61 Å². The molecule has 1 aromatic rings. The second-order valence-corrected chi connectivity index (χ2v) is 6.00. The summed E-state index contributed by atoms with van der Waals surface area (Å²) in [4.78, 5) is 24.5. The lowest BCUT2D eigenvalue weighted by Gasteiger charge is -2.31. The molecule has 5 nitrogen and oxygen atoms in total. The number of aliphatic carboxylic acids is 1. The molecule has 0 radical (unpaired) electrons. The van der Waals surface area contributed by atoms with Crippen molar-refractivity contribution in [3.05, 3.63) is 34.3 Å². The number of piperidine rings is 1. The van der Waals surface area contributed by atoms with Gasteiger partial charge in [-0.1, -0.05) is 28.1 Å². The molecule has 1 N–H and O–H groups in total. The first-order chi connectivity index (χ1) is 10.0. The average molecular weight is 356 g/mol. The van der Waals surface area contributed by atoms with Crippen molar-refractivity contribution in [3.63, 3.8) is 0 Å². The maximum absolute atomic E-state index is 12.2. The second kappa shape index (κ2) is 7.56. The molecule has 1 saturated heterocycles. The van der Waals surface area contributed by atoms with Gasteiger partial charge in [-0.3, -0.25) is 4.79 Å². The summed E-state index contributed by atoms with van der Waals surface area (Å²) in [5, 5.41) is 8.58. The van der Waals surface area contributed by atoms with Crippen molar-refractivity contribution in [1.82, 2.24) is 4.90 Å². The SMILES string of the molecule is O=C(O)COC1CCN(C(=O)Cc2ccc(Br)cc2)CC1. The zero-order valence-corrected chi connectivity index (χ0v) is 13.2. The number of carbonyl (C=O) groups excluding carboxylic acids is 1. The fourth-order valence-corrected chi connectivity index (χ4v) is 2.61. The van der Waals surface area contributed by atoms with Gasteiger partial charge in [0, 0.05) is 17.6 Å². The summed E-state index contributed by atoms with van der Waals surface area (Å²) in [7, 11) is 0. The van der Waals surface area contributed by atoms with Crippen molar-refractivity contribution in [2.45, 2.75) is 25.4 Å². The first kappa shape index (κ1) is 16.0. The van der Waals surface area contributed by atoms with E-state index in [2.05, 4.69) is 15.9 Å². The predicted octanol–water partition coefficient (Wildman–Crippen LogP) is 2.08. The van der Waals surface area contributed by atoms with E-state index in [-0.39, 0.29) is 18.6 Å². The number of carboxylic acid groups (broad SMARTS) is 1. The van der Waals surface area contributed by atoms with Gasteiger partial charge in [-0.05, 0) is 30.5 Å². The van der Waals surface area contributed by atoms with Crippen molar-refractivity contribution >= 4 is 27.8 Å². The summed E-state index contributed by atoms with van der Waals surface area (Å²) in [6, 6.07) is 7.72. The quantitative estimate of drug-likeness (QED) is 0.877. The summed E-state index contributed by atoms with van der Waals surface area (Å²) in [6.07, 6.45) is 1.73. The molecule has 0 atom stereocenters. The van der Waals surface area contributed by atoms with E-state index in [1.54, 1.807) is 0 Å². The topological polar surface area (TPSA) is 66.8 Å². The van der Waals surface area contributed by atoms with Crippen LogP contribution in [0, 0.1) is 0 Å². The Morgan fingerprint density at radius 2 is 1.86 bits per heavy atom. The van der Waals surface area contributed by atoms with Gasteiger partial charge in [-0.15, -0.1) is 0 Å². The number of hydrogen-bond donors (Lipinski definition) is 1. The Morgan fingerprint density at radius 1 is 1.24 bits per heavy atom. The number of carbonyl (C=O) groups is 2. The fraction of sp³-hybridized carbons (Fsp3) is 0.467. The van der Waals surface area contributed by atoms with Crippen LogP contribution < -0.4 is 0 Å². The van der Waals surface area contributed by atoms with Crippen molar-refractivity contribution in [3.8, 4) is 0 Å². The number of benzene rings is 1. The van der Waals surface area contributed by atoms with E-state index < -0.39 is 5.97 Å². The Hall–Kier alpha value is -1.40. The van der Waals surface area contributed by atoms with Gasteiger partial charge in [-0.2, -0.15) is 0 Å². The van der Waals surface area contributed by atoms with Crippen LogP contribution in [-0.2, 0) is 20.7 Å². The smallest absolute Gasteiger partial charge is 0.329 e. The van der Waals surface area contributed by atoms with E-state index in [0.717, 1.165) is 10.0 Å². The Balaban J connectivity index is 1.77. The fourth-order valence-electron chi connectivity index (χ4n) is 2.35. The van der Waals surface area contributed by atoms with Crippen LogP contribution in [0.5, 0.6) is 0 Å². The molecule has 114 valence electrons. The van der Waals surface area contributed by atoms with E-state index in [4.69, 9.17) is 9.84 Å². The molecule has 1 amide bonds. The van der Waals surface area contributed by atoms with Crippen LogP contribution in [0.25, 0.3) is 0 Å². The molecule has 1 heterocycles. The summed E-state index contributed by atoms with van der Waals surface area (Å²) >= 11 is 3.37. The molecule has 1 aliphatic rings. The molecular formula is C15H18BrNO4. The van der Waals surface area contributed by atoms with E-state index in [1.165, 1.54) is 0 Å². The van der Waals surface area contributed by atoms with Crippen LogP contribution >= 0.6 is 15.9 Å².